The molecule has 0 saturated heterocycles. The fraction of sp³-hybridized carbons (Fsp3) is 0.636. The second-order valence-electron chi connectivity index (χ2n) is 4.65. The van der Waals surface area contributed by atoms with Crippen LogP contribution < -0.4 is 0 Å². The zero-order valence-electron chi connectivity index (χ0n) is 8.67. The molecule has 1 N–H and O–H groups in total. The molecule has 1 aliphatic rings. The number of aliphatic hydroxyl groups excluding tert-OH is 1. The molecule has 2 atom stereocenters. The van der Waals surface area contributed by atoms with Crippen molar-refractivity contribution in [2.75, 3.05) is 0 Å². The van der Waals surface area contributed by atoms with Crippen LogP contribution in [0.15, 0.2) is 12.2 Å². The van der Waals surface area contributed by atoms with Crippen LogP contribution in [0, 0.1) is 17.4 Å². The maximum Gasteiger partial charge on any atom is 0.129 e. The third-order valence-corrected chi connectivity index (χ3v) is 2.98. The topological polar surface area (TPSA) is 20.2 Å². The van der Waals surface area contributed by atoms with Crippen molar-refractivity contribution in [2.24, 2.45) is 5.92 Å². The molecule has 0 bridgehead atoms. The lowest BCUT2D eigenvalue weighted by atomic mass is 10.0. The summed E-state index contributed by atoms with van der Waals surface area (Å²) >= 11 is 0. The van der Waals surface area contributed by atoms with Crippen LogP contribution in [0.2, 0.25) is 19.6 Å². The Balaban J connectivity index is 2.41. The van der Waals surface area contributed by atoms with E-state index in [0.29, 0.717) is 0 Å². The first-order valence-electron chi connectivity index (χ1n) is 4.84. The van der Waals surface area contributed by atoms with Gasteiger partial charge in [0.25, 0.3) is 0 Å². The largest absolute Gasteiger partial charge is 0.392 e. The summed E-state index contributed by atoms with van der Waals surface area (Å²) in [5, 5.41) is 9.50. The molecule has 0 heterocycles. The molecule has 0 amide bonds. The van der Waals surface area contributed by atoms with E-state index in [-0.39, 0.29) is 12.0 Å². The van der Waals surface area contributed by atoms with E-state index in [2.05, 4.69) is 37.2 Å². The van der Waals surface area contributed by atoms with Gasteiger partial charge >= 0.3 is 0 Å². The Kier molecular flexibility index (Phi) is 3.35. The average molecular weight is 194 g/mol. The molecule has 0 saturated carbocycles. The summed E-state index contributed by atoms with van der Waals surface area (Å²) in [6.45, 7) is 6.71. The van der Waals surface area contributed by atoms with Crippen molar-refractivity contribution in [2.45, 2.75) is 38.6 Å². The molecule has 0 spiro atoms. The molecule has 1 aliphatic carbocycles. The molecule has 0 radical (unpaired) electrons. The van der Waals surface area contributed by atoms with Crippen molar-refractivity contribution < 1.29 is 5.11 Å². The van der Waals surface area contributed by atoms with E-state index in [9.17, 15) is 5.11 Å². The monoisotopic (exact) mass is 194 g/mol. The van der Waals surface area contributed by atoms with Gasteiger partial charge in [-0.15, -0.1) is 11.5 Å². The molecule has 2 unspecified atom stereocenters. The number of rotatable bonds is 1. The Morgan fingerprint density at radius 1 is 1.46 bits per heavy atom. The molecule has 72 valence electrons. The summed E-state index contributed by atoms with van der Waals surface area (Å²) in [7, 11) is -1.22. The van der Waals surface area contributed by atoms with Crippen LogP contribution in [0.1, 0.15) is 12.8 Å². The minimum atomic E-state index is -1.22. The van der Waals surface area contributed by atoms with E-state index in [1.54, 1.807) is 0 Å². The predicted molar refractivity (Wildman–Crippen MR) is 59.0 cm³/mol. The summed E-state index contributed by atoms with van der Waals surface area (Å²) < 4.78 is 0. The van der Waals surface area contributed by atoms with Crippen LogP contribution in [0.25, 0.3) is 0 Å². The van der Waals surface area contributed by atoms with Gasteiger partial charge in [0.1, 0.15) is 8.07 Å². The van der Waals surface area contributed by atoms with E-state index < -0.39 is 8.07 Å². The molecule has 1 nitrogen and oxygen atoms in total. The van der Waals surface area contributed by atoms with Crippen LogP contribution in [-0.2, 0) is 0 Å². The highest BCUT2D eigenvalue weighted by Gasteiger charge is 2.18. The Hall–Kier alpha value is -0.523. The molecule has 0 aromatic rings. The van der Waals surface area contributed by atoms with Gasteiger partial charge in [0.15, 0.2) is 0 Å². The van der Waals surface area contributed by atoms with E-state index in [1.807, 2.05) is 6.08 Å². The summed E-state index contributed by atoms with van der Waals surface area (Å²) in [5.74, 6) is 3.48. The Labute approximate surface area is 81.9 Å². The van der Waals surface area contributed by atoms with Crippen molar-refractivity contribution in [3.05, 3.63) is 12.2 Å². The van der Waals surface area contributed by atoms with E-state index in [0.717, 1.165) is 12.8 Å². The van der Waals surface area contributed by atoms with Crippen molar-refractivity contribution in [3.8, 4) is 11.5 Å². The smallest absolute Gasteiger partial charge is 0.129 e. The third kappa shape index (κ3) is 3.80. The lowest BCUT2D eigenvalue weighted by molar-refractivity contribution is 0.145. The van der Waals surface area contributed by atoms with E-state index >= 15 is 0 Å². The highest BCUT2D eigenvalue weighted by Crippen LogP contribution is 2.20. The van der Waals surface area contributed by atoms with E-state index in [1.165, 1.54) is 0 Å². The zero-order chi connectivity index (χ0) is 9.90. The van der Waals surface area contributed by atoms with Crippen LogP contribution in [0.4, 0.5) is 0 Å². The van der Waals surface area contributed by atoms with Crippen LogP contribution in [0.3, 0.4) is 0 Å². The molecular formula is C11H18OSi. The summed E-state index contributed by atoms with van der Waals surface area (Å²) in [6, 6.07) is 0. The van der Waals surface area contributed by atoms with Gasteiger partial charge in [0.2, 0.25) is 0 Å². The maximum absolute atomic E-state index is 9.50. The highest BCUT2D eigenvalue weighted by molar-refractivity contribution is 6.83. The van der Waals surface area contributed by atoms with Gasteiger partial charge in [0.05, 0.1) is 6.10 Å². The van der Waals surface area contributed by atoms with Gasteiger partial charge in [-0.05, 0) is 6.42 Å². The van der Waals surface area contributed by atoms with Gasteiger partial charge in [-0.25, -0.2) is 0 Å². The summed E-state index contributed by atoms with van der Waals surface area (Å²) in [4.78, 5) is 0. The van der Waals surface area contributed by atoms with Crippen molar-refractivity contribution >= 4 is 8.07 Å². The van der Waals surface area contributed by atoms with Gasteiger partial charge in [-0.1, -0.05) is 31.8 Å². The van der Waals surface area contributed by atoms with Crippen LogP contribution in [-0.4, -0.2) is 19.3 Å². The standard InChI is InChI=1S/C11H18OSi/c1-13(2,3)9-5-7-10-6-4-8-11(10)12/h4,6,10-12H,7-8H2,1-3H3. The first kappa shape index (κ1) is 10.6. The van der Waals surface area contributed by atoms with Gasteiger partial charge in [-0.3, -0.25) is 0 Å². The predicted octanol–water partition coefficient (Wildman–Crippen LogP) is 2.19. The van der Waals surface area contributed by atoms with Crippen LogP contribution in [0.5, 0.6) is 0 Å². The third-order valence-electron chi connectivity index (χ3n) is 2.06. The van der Waals surface area contributed by atoms with Gasteiger partial charge < -0.3 is 5.11 Å². The van der Waals surface area contributed by atoms with Gasteiger partial charge in [-0.2, -0.15) is 0 Å². The molecule has 2 heteroatoms. The summed E-state index contributed by atoms with van der Waals surface area (Å²) in [5.41, 5.74) is 3.31. The Morgan fingerprint density at radius 2 is 2.15 bits per heavy atom. The number of hydrogen-bond acceptors (Lipinski definition) is 1. The SMILES string of the molecule is C[Si](C)(C)C#CCC1C=CCC1O. The minimum Gasteiger partial charge on any atom is -0.392 e. The van der Waals surface area contributed by atoms with Crippen molar-refractivity contribution in [1.82, 2.24) is 0 Å². The number of hydrogen-bond donors (Lipinski definition) is 1. The molecule has 0 fully saturated rings. The van der Waals surface area contributed by atoms with Crippen molar-refractivity contribution in [1.29, 1.82) is 0 Å². The first-order valence-corrected chi connectivity index (χ1v) is 8.34. The molecule has 1 rings (SSSR count). The Bertz CT molecular complexity index is 251. The second kappa shape index (κ2) is 4.12. The molecular weight excluding hydrogens is 176 g/mol. The van der Waals surface area contributed by atoms with Crippen molar-refractivity contribution in [3.63, 3.8) is 0 Å². The quantitative estimate of drug-likeness (QED) is 0.385. The Morgan fingerprint density at radius 3 is 2.62 bits per heavy atom. The average Bonchev–Trinajstić information content (AvgIpc) is 2.34. The van der Waals surface area contributed by atoms with Gasteiger partial charge in [0, 0.05) is 12.3 Å². The molecule has 0 aliphatic heterocycles. The normalized spacial score (nSPS) is 27.1. The lowest BCUT2D eigenvalue weighted by Crippen LogP contribution is -2.17. The molecule has 0 aromatic heterocycles. The van der Waals surface area contributed by atoms with Crippen LogP contribution >= 0.6 is 0 Å². The molecule has 0 aromatic carbocycles. The highest BCUT2D eigenvalue weighted by atomic mass is 28.3. The number of aliphatic hydroxyl groups is 1. The zero-order valence-corrected chi connectivity index (χ0v) is 9.67. The molecule has 13 heavy (non-hydrogen) atoms. The van der Waals surface area contributed by atoms with E-state index in [4.69, 9.17) is 0 Å². The lowest BCUT2D eigenvalue weighted by Gasteiger charge is -2.10. The summed E-state index contributed by atoms with van der Waals surface area (Å²) in [6.07, 6.45) is 5.58. The second-order valence-corrected chi connectivity index (χ2v) is 9.40. The maximum atomic E-state index is 9.50. The minimum absolute atomic E-state index is 0.184. The first-order chi connectivity index (χ1) is 5.99. The fourth-order valence-corrected chi connectivity index (χ4v) is 1.97. The fourth-order valence-electron chi connectivity index (χ4n) is 1.33.